The first-order valence-corrected chi connectivity index (χ1v) is 28.6. The standard InChI is InChI=1S/C54H74N8O21S/c1-26-20-62-46(47(26)71)51(75)56-19-30(66)17-37(55)48(72)57-43(27(2)65)52(76)61-22-31(67)18-38(61)49(73)58-44(41(70)15-28-11-12-39(68)42(16-28)83-84(79,80)81)50(74)59-45(53(62)77)40(69)13-14-60(21-29(23-63)24-64)54(78)82-25-36-34-9-5-3-7-32(34)33-8-4-6-10-35(33)36/h3-12,16,26-27,29-31,36-38,40-41,43-47,63-71,79-81H,13-15,17-25,55H2,1-2H3,(H,56,75)(H,57,72)(H,58,73)(H,59,74)/t26-,27+,30+,31+,37-,38-,40+,41+,43-,44-,45-,46-,47-/m0/s1. The van der Waals surface area contributed by atoms with Gasteiger partial charge in [0, 0.05) is 76.5 Å². The number of phenols is 1. The number of amides is 7. The molecule has 84 heavy (non-hydrogen) atoms. The summed E-state index contributed by atoms with van der Waals surface area (Å²) in [6.45, 7) is -1.31. The van der Waals surface area contributed by atoms with E-state index >= 15 is 9.59 Å². The lowest BCUT2D eigenvalue weighted by atomic mass is 9.98. The third-order valence-electron chi connectivity index (χ3n) is 15.4. The topological polar surface area (TPSA) is 465 Å². The molecule has 0 aromatic heterocycles. The van der Waals surface area contributed by atoms with Crippen LogP contribution in [0.2, 0.25) is 0 Å². The van der Waals surface area contributed by atoms with Crippen molar-refractivity contribution in [2.75, 3.05) is 52.5 Å². The summed E-state index contributed by atoms with van der Waals surface area (Å²) < 4.78 is 39.3. The van der Waals surface area contributed by atoms with Gasteiger partial charge in [-0.2, -0.15) is 0 Å². The Bertz CT molecular complexity index is 2820. The molecule has 0 unspecified atom stereocenters. The van der Waals surface area contributed by atoms with Gasteiger partial charge < -0.3 is 96.6 Å². The molecule has 3 heterocycles. The van der Waals surface area contributed by atoms with Crippen molar-refractivity contribution >= 4 is 52.7 Å². The Kier molecular flexibility index (Phi) is 21.6. The average Bonchev–Trinajstić information content (AvgIpc) is 2.37. The van der Waals surface area contributed by atoms with Crippen LogP contribution in [0.15, 0.2) is 66.7 Å². The maximum absolute atomic E-state index is 15.2. The van der Waals surface area contributed by atoms with Gasteiger partial charge in [-0.25, -0.2) is 4.79 Å². The molecule has 4 aliphatic rings. The number of carbonyl (C=O) groups excluding carboxylic acids is 7. The van der Waals surface area contributed by atoms with Crippen LogP contribution in [0.3, 0.4) is 0 Å². The number of aliphatic hydroxyl groups excluding tert-OH is 8. The second-order valence-corrected chi connectivity index (χ2v) is 22.8. The van der Waals surface area contributed by atoms with Gasteiger partial charge in [0.05, 0.1) is 42.7 Å². The first-order valence-electron chi connectivity index (χ1n) is 27.2. The molecule has 29 nitrogen and oxygen atoms in total. The normalized spacial score (nSPS) is 27.0. The van der Waals surface area contributed by atoms with Gasteiger partial charge in [0.25, 0.3) is 11.2 Å². The molecule has 18 N–H and O–H groups in total. The Morgan fingerprint density at radius 2 is 1.37 bits per heavy atom. The molecule has 0 spiro atoms. The van der Waals surface area contributed by atoms with E-state index in [-0.39, 0.29) is 18.7 Å². The van der Waals surface area contributed by atoms with Gasteiger partial charge in [-0.1, -0.05) is 61.5 Å². The summed E-state index contributed by atoms with van der Waals surface area (Å²) in [5.74, 6) is -10.9. The number of ether oxygens (including phenoxy) is 1. The Labute approximate surface area is 483 Å². The summed E-state index contributed by atoms with van der Waals surface area (Å²) in [6, 6.07) is 6.64. The Morgan fingerprint density at radius 1 is 0.762 bits per heavy atom. The van der Waals surface area contributed by atoms with Crippen LogP contribution in [0, 0.1) is 11.8 Å². The van der Waals surface area contributed by atoms with Gasteiger partial charge >= 0.3 is 6.09 Å². The van der Waals surface area contributed by atoms with Crippen LogP contribution in [0.25, 0.3) is 11.1 Å². The van der Waals surface area contributed by atoms with Crippen molar-refractivity contribution in [3.63, 3.8) is 0 Å². The molecule has 0 saturated carbocycles. The number of phenolic OH excluding ortho intramolecular Hbond substituents is 1. The molecule has 30 heteroatoms. The zero-order chi connectivity index (χ0) is 61.5. The van der Waals surface area contributed by atoms with Crippen molar-refractivity contribution in [1.82, 2.24) is 36.0 Å². The summed E-state index contributed by atoms with van der Waals surface area (Å²) in [7, 11) is 0. The van der Waals surface area contributed by atoms with Crippen LogP contribution in [0.1, 0.15) is 55.7 Å². The third kappa shape index (κ3) is 15.4. The molecule has 3 fully saturated rings. The summed E-state index contributed by atoms with van der Waals surface area (Å²) in [4.78, 5) is 103. The van der Waals surface area contributed by atoms with Crippen molar-refractivity contribution in [2.24, 2.45) is 17.6 Å². The number of rotatable bonds is 16. The lowest BCUT2D eigenvalue weighted by molar-refractivity contribution is -0.147. The van der Waals surface area contributed by atoms with Crippen molar-refractivity contribution in [3.05, 3.63) is 83.4 Å². The van der Waals surface area contributed by atoms with Gasteiger partial charge in [-0.15, -0.1) is 0 Å². The van der Waals surface area contributed by atoms with Gasteiger partial charge in [-0.3, -0.25) is 42.4 Å². The fourth-order valence-electron chi connectivity index (χ4n) is 10.9. The van der Waals surface area contributed by atoms with Crippen LogP contribution in [-0.4, -0.2) is 241 Å². The van der Waals surface area contributed by atoms with Gasteiger partial charge in [0.15, 0.2) is 11.5 Å². The van der Waals surface area contributed by atoms with Crippen molar-refractivity contribution in [1.29, 1.82) is 0 Å². The van der Waals surface area contributed by atoms with Gasteiger partial charge in [0.2, 0.25) is 35.4 Å². The Hall–Kier alpha value is -6.78. The number of hydrogen-bond acceptors (Lipinski definition) is 22. The molecule has 7 rings (SSSR count). The largest absolute Gasteiger partial charge is 0.504 e. The second-order valence-electron chi connectivity index (χ2n) is 21.7. The number of hydrogen-bond donors (Lipinski definition) is 17. The predicted molar refractivity (Wildman–Crippen MR) is 295 cm³/mol. The van der Waals surface area contributed by atoms with E-state index in [9.17, 15) is 83.6 Å². The molecule has 3 aromatic carbocycles. The van der Waals surface area contributed by atoms with E-state index in [2.05, 4.69) is 25.5 Å². The fourth-order valence-corrected chi connectivity index (χ4v) is 11.3. The summed E-state index contributed by atoms with van der Waals surface area (Å²) in [5, 5.41) is 108. The van der Waals surface area contributed by atoms with Crippen LogP contribution >= 0.6 is 11.2 Å². The third-order valence-corrected chi connectivity index (χ3v) is 15.8. The fraction of sp³-hybridized carbons (Fsp3) is 0.537. The van der Waals surface area contributed by atoms with E-state index in [1.165, 1.54) is 6.92 Å². The van der Waals surface area contributed by atoms with Crippen molar-refractivity contribution in [3.8, 4) is 22.6 Å². The smallest absolute Gasteiger partial charge is 0.409 e. The van der Waals surface area contributed by atoms with E-state index in [1.807, 2.05) is 48.5 Å². The number of nitrogens with two attached hydrogens (primary N) is 1. The quantitative estimate of drug-likeness (QED) is 0.0666. The molecule has 3 saturated heterocycles. The molecule has 1 aliphatic carbocycles. The van der Waals surface area contributed by atoms with Crippen molar-refractivity contribution < 1.29 is 102 Å². The molecule has 462 valence electrons. The molecule has 0 bridgehead atoms. The summed E-state index contributed by atoms with van der Waals surface area (Å²) >= 11 is -4.75. The maximum atomic E-state index is 15.2. The summed E-state index contributed by atoms with van der Waals surface area (Å²) in [6.07, 6.45) is -14.0. The van der Waals surface area contributed by atoms with E-state index in [1.54, 1.807) is 0 Å². The first-order chi connectivity index (χ1) is 39.7. The zero-order valence-corrected chi connectivity index (χ0v) is 46.7. The monoisotopic (exact) mass is 1200 g/mol. The highest BCUT2D eigenvalue weighted by atomic mass is 32.3. The lowest BCUT2D eigenvalue weighted by Gasteiger charge is -2.34. The van der Waals surface area contributed by atoms with Crippen LogP contribution in [0.4, 0.5) is 4.79 Å². The van der Waals surface area contributed by atoms with Crippen LogP contribution in [-0.2, 0) is 39.9 Å². The number of fused-ring (bicyclic) bond motifs is 5. The first kappa shape index (κ1) is 64.8. The molecular formula is C54H74N8O21S. The number of β-amino-alcohol motifs (C(OH)–C–C–N with tert-alkyl or cyclic N) is 1. The highest BCUT2D eigenvalue weighted by Crippen LogP contribution is 2.45. The van der Waals surface area contributed by atoms with Crippen molar-refractivity contribution in [2.45, 2.75) is 118 Å². The van der Waals surface area contributed by atoms with Gasteiger partial charge in [-0.05, 0) is 59.7 Å². The molecule has 13 atom stereocenters. The Morgan fingerprint density at radius 3 is 1.99 bits per heavy atom. The number of nitrogens with zero attached hydrogens (tertiary/aromatic N) is 3. The number of nitrogens with one attached hydrogen (secondary N) is 4. The van der Waals surface area contributed by atoms with E-state index < -0.39 is 220 Å². The maximum Gasteiger partial charge on any atom is 0.409 e. The average molecular weight is 1200 g/mol. The highest BCUT2D eigenvalue weighted by molar-refractivity contribution is 8.15. The number of benzene rings is 3. The van der Waals surface area contributed by atoms with Gasteiger partial charge in [0.1, 0.15) is 36.8 Å². The second kappa shape index (κ2) is 27.9. The minimum absolute atomic E-state index is 0.0748. The van der Waals surface area contributed by atoms with E-state index in [0.717, 1.165) is 62.1 Å². The highest BCUT2D eigenvalue weighted by Gasteiger charge is 2.50. The lowest BCUT2D eigenvalue weighted by Crippen LogP contribution is -2.64. The number of carbonyl (C=O) groups is 7. The SMILES string of the molecule is C[C@@H](O)[C@@H]1NC(=O)[C@@H](N)C[C@@H](O)CNC(=O)[C@@H]2[C@@H](O)[C@@H](C)CN2C(=O)[C@H]([C@H](O)CCN(CC(CO)CO)C(=O)OCC2c3ccccc3-c3ccccc32)NC(=O)[C@H]([C@H](O)Cc2ccc(O)c(OS(O)(O)O)c2)NC(=O)[C@@H]2C[C@@H](O)CN2C1=O. The Balaban J connectivity index is 1.26. The minimum atomic E-state index is -4.75. The van der Waals surface area contributed by atoms with Crippen LogP contribution < -0.4 is 31.2 Å². The number of aliphatic hydroxyl groups is 8. The van der Waals surface area contributed by atoms with Crippen LogP contribution in [0.5, 0.6) is 11.5 Å². The van der Waals surface area contributed by atoms with E-state index in [4.69, 9.17) is 10.5 Å². The molecule has 0 radical (unpaired) electrons. The molecule has 3 aromatic rings. The molecule has 3 aliphatic heterocycles. The molecular weight excluding hydrogens is 1130 g/mol. The minimum Gasteiger partial charge on any atom is -0.504 e. The van der Waals surface area contributed by atoms with E-state index in [0.29, 0.717) is 0 Å². The number of aromatic hydroxyl groups is 1. The predicted octanol–water partition coefficient (Wildman–Crippen LogP) is -3.37. The zero-order valence-electron chi connectivity index (χ0n) is 45.9. The molecule has 7 amide bonds. The summed E-state index contributed by atoms with van der Waals surface area (Å²) in [5.41, 5.74) is 9.64.